The molecule has 3 heterocycles. The van der Waals surface area contributed by atoms with Crippen molar-refractivity contribution in [3.05, 3.63) is 42.4 Å². The SMILES string of the molecule is COc1nn(C2CCCCC2)cc1NC(=O)c1cccc(-c2ccn[nH]2)n1. The first-order valence-corrected chi connectivity index (χ1v) is 9.16. The van der Waals surface area contributed by atoms with Crippen molar-refractivity contribution in [3.63, 3.8) is 0 Å². The fourth-order valence-corrected chi connectivity index (χ4v) is 3.44. The zero-order valence-corrected chi connectivity index (χ0v) is 15.2. The Bertz CT molecular complexity index is 912. The van der Waals surface area contributed by atoms with E-state index in [4.69, 9.17) is 4.74 Å². The molecule has 4 rings (SSSR count). The largest absolute Gasteiger partial charge is 0.478 e. The lowest BCUT2D eigenvalue weighted by Crippen LogP contribution is -2.14. The second-order valence-electron chi connectivity index (χ2n) is 6.66. The number of nitrogens with one attached hydrogen (secondary N) is 2. The van der Waals surface area contributed by atoms with Crippen LogP contribution in [-0.2, 0) is 0 Å². The van der Waals surface area contributed by atoms with E-state index in [1.54, 1.807) is 31.5 Å². The van der Waals surface area contributed by atoms with Crippen molar-refractivity contribution in [2.24, 2.45) is 0 Å². The fraction of sp³-hybridized carbons (Fsp3) is 0.368. The smallest absolute Gasteiger partial charge is 0.274 e. The molecule has 0 bridgehead atoms. The van der Waals surface area contributed by atoms with Crippen LogP contribution in [0, 0.1) is 0 Å². The Morgan fingerprint density at radius 1 is 1.26 bits per heavy atom. The van der Waals surface area contributed by atoms with Crippen LogP contribution in [0.1, 0.15) is 48.6 Å². The number of nitrogens with zero attached hydrogens (tertiary/aromatic N) is 4. The van der Waals surface area contributed by atoms with E-state index in [1.807, 2.05) is 16.9 Å². The quantitative estimate of drug-likeness (QED) is 0.721. The number of rotatable bonds is 5. The maximum absolute atomic E-state index is 12.7. The molecule has 1 saturated carbocycles. The Kier molecular flexibility index (Phi) is 4.86. The van der Waals surface area contributed by atoms with Crippen LogP contribution in [0.4, 0.5) is 5.69 Å². The molecule has 0 unspecified atom stereocenters. The normalized spacial score (nSPS) is 14.9. The second kappa shape index (κ2) is 7.61. The van der Waals surface area contributed by atoms with Crippen LogP contribution in [0.25, 0.3) is 11.4 Å². The van der Waals surface area contributed by atoms with Crippen molar-refractivity contribution in [2.45, 2.75) is 38.1 Å². The Hall–Kier alpha value is -3.16. The van der Waals surface area contributed by atoms with E-state index in [0.717, 1.165) is 18.5 Å². The lowest BCUT2D eigenvalue weighted by Gasteiger charge is -2.21. The summed E-state index contributed by atoms with van der Waals surface area (Å²) in [6.07, 6.45) is 9.40. The number of methoxy groups -OCH3 is 1. The highest BCUT2D eigenvalue weighted by atomic mass is 16.5. The van der Waals surface area contributed by atoms with Crippen LogP contribution in [0.3, 0.4) is 0 Å². The van der Waals surface area contributed by atoms with Crippen LogP contribution in [-0.4, -0.2) is 38.0 Å². The average molecular weight is 366 g/mol. The van der Waals surface area contributed by atoms with Gasteiger partial charge in [-0.1, -0.05) is 25.3 Å². The van der Waals surface area contributed by atoms with Gasteiger partial charge in [0.2, 0.25) is 0 Å². The second-order valence-corrected chi connectivity index (χ2v) is 6.66. The van der Waals surface area contributed by atoms with Gasteiger partial charge in [0, 0.05) is 6.20 Å². The van der Waals surface area contributed by atoms with Gasteiger partial charge in [-0.15, -0.1) is 5.10 Å². The first-order chi connectivity index (χ1) is 13.2. The third-order valence-electron chi connectivity index (χ3n) is 4.85. The summed E-state index contributed by atoms with van der Waals surface area (Å²) in [5.41, 5.74) is 2.29. The number of ether oxygens (including phenoxy) is 1. The number of aromatic amines is 1. The highest BCUT2D eigenvalue weighted by Gasteiger charge is 2.21. The minimum absolute atomic E-state index is 0.308. The molecule has 0 saturated heterocycles. The van der Waals surface area contributed by atoms with E-state index < -0.39 is 0 Å². The highest BCUT2D eigenvalue weighted by Crippen LogP contribution is 2.31. The van der Waals surface area contributed by atoms with E-state index in [2.05, 4.69) is 25.6 Å². The summed E-state index contributed by atoms with van der Waals surface area (Å²) < 4.78 is 7.27. The molecule has 0 aromatic carbocycles. The van der Waals surface area contributed by atoms with E-state index >= 15 is 0 Å². The lowest BCUT2D eigenvalue weighted by atomic mass is 9.96. The van der Waals surface area contributed by atoms with Gasteiger partial charge in [-0.3, -0.25) is 14.6 Å². The molecule has 0 atom stereocenters. The van der Waals surface area contributed by atoms with Gasteiger partial charge in [0.15, 0.2) is 0 Å². The number of H-pyrrole nitrogens is 1. The Balaban J connectivity index is 1.54. The summed E-state index contributed by atoms with van der Waals surface area (Å²) in [7, 11) is 1.56. The first kappa shape index (κ1) is 17.3. The average Bonchev–Trinajstić information content (AvgIpc) is 3.39. The number of anilines is 1. The molecule has 3 aromatic heterocycles. The third-order valence-corrected chi connectivity index (χ3v) is 4.85. The minimum Gasteiger partial charge on any atom is -0.478 e. The molecule has 0 aliphatic heterocycles. The number of pyridine rings is 1. The van der Waals surface area contributed by atoms with Crippen LogP contribution in [0.5, 0.6) is 5.88 Å². The summed E-state index contributed by atoms with van der Waals surface area (Å²) >= 11 is 0. The van der Waals surface area contributed by atoms with Crippen molar-refractivity contribution < 1.29 is 9.53 Å². The van der Waals surface area contributed by atoms with Gasteiger partial charge in [0.1, 0.15) is 11.4 Å². The maximum Gasteiger partial charge on any atom is 0.274 e. The van der Waals surface area contributed by atoms with Crippen LogP contribution < -0.4 is 10.1 Å². The monoisotopic (exact) mass is 366 g/mol. The third kappa shape index (κ3) is 3.69. The molecular formula is C19H22N6O2. The van der Waals surface area contributed by atoms with Crippen molar-refractivity contribution >= 4 is 11.6 Å². The molecule has 27 heavy (non-hydrogen) atoms. The van der Waals surface area contributed by atoms with Gasteiger partial charge in [-0.25, -0.2) is 4.98 Å². The molecule has 140 valence electrons. The molecule has 1 aliphatic rings. The van der Waals surface area contributed by atoms with Crippen molar-refractivity contribution in [3.8, 4) is 17.3 Å². The summed E-state index contributed by atoms with van der Waals surface area (Å²) in [4.78, 5) is 17.1. The van der Waals surface area contributed by atoms with Crippen molar-refractivity contribution in [2.75, 3.05) is 12.4 Å². The molecule has 8 nitrogen and oxygen atoms in total. The Morgan fingerprint density at radius 2 is 2.11 bits per heavy atom. The van der Waals surface area contributed by atoms with Gasteiger partial charge in [0.25, 0.3) is 11.8 Å². The molecule has 3 aromatic rings. The lowest BCUT2D eigenvalue weighted by molar-refractivity contribution is 0.102. The van der Waals surface area contributed by atoms with Gasteiger partial charge in [0.05, 0.1) is 30.7 Å². The number of hydrogen-bond acceptors (Lipinski definition) is 5. The summed E-state index contributed by atoms with van der Waals surface area (Å²) in [5, 5.41) is 14.1. The number of carbonyl (C=O) groups is 1. The predicted octanol–water partition coefficient (Wildman–Crippen LogP) is 3.43. The van der Waals surface area contributed by atoms with Gasteiger partial charge in [-0.2, -0.15) is 5.10 Å². The molecule has 1 fully saturated rings. The van der Waals surface area contributed by atoms with E-state index in [9.17, 15) is 4.79 Å². The van der Waals surface area contributed by atoms with Crippen molar-refractivity contribution in [1.82, 2.24) is 25.0 Å². The van der Waals surface area contributed by atoms with E-state index in [-0.39, 0.29) is 5.91 Å². The van der Waals surface area contributed by atoms with Crippen LogP contribution in [0.2, 0.25) is 0 Å². The van der Waals surface area contributed by atoms with E-state index in [0.29, 0.717) is 29.0 Å². The summed E-state index contributed by atoms with van der Waals surface area (Å²) in [6, 6.07) is 7.46. The Labute approximate surface area is 157 Å². The van der Waals surface area contributed by atoms with Crippen LogP contribution in [0.15, 0.2) is 36.7 Å². The number of amides is 1. The van der Waals surface area contributed by atoms with Crippen molar-refractivity contribution in [1.29, 1.82) is 0 Å². The first-order valence-electron chi connectivity index (χ1n) is 9.16. The standard InChI is InChI=1S/C19H22N6O2/c1-27-19-17(12-25(24-19)13-6-3-2-4-7-13)22-18(26)16-9-5-8-14(21-16)15-10-11-20-23-15/h5,8-13H,2-4,6-7H2,1H3,(H,20,23)(H,22,26). The molecule has 0 spiro atoms. The number of hydrogen-bond donors (Lipinski definition) is 2. The molecular weight excluding hydrogens is 344 g/mol. The molecule has 2 N–H and O–H groups in total. The van der Waals surface area contributed by atoms with Crippen LogP contribution >= 0.6 is 0 Å². The highest BCUT2D eigenvalue weighted by molar-refractivity contribution is 6.03. The van der Waals surface area contributed by atoms with E-state index in [1.165, 1.54) is 19.3 Å². The topological polar surface area (TPSA) is 97.7 Å². The molecule has 1 amide bonds. The predicted molar refractivity (Wildman–Crippen MR) is 101 cm³/mol. The number of aromatic nitrogens is 5. The summed E-state index contributed by atoms with van der Waals surface area (Å²) in [6.45, 7) is 0. The molecule has 8 heteroatoms. The Morgan fingerprint density at radius 3 is 2.85 bits per heavy atom. The zero-order valence-electron chi connectivity index (χ0n) is 15.2. The van der Waals surface area contributed by atoms with Gasteiger partial charge >= 0.3 is 0 Å². The molecule has 1 aliphatic carbocycles. The summed E-state index contributed by atoms with van der Waals surface area (Å²) in [5.74, 6) is 0.108. The fourth-order valence-electron chi connectivity index (χ4n) is 3.44. The molecule has 0 radical (unpaired) electrons. The maximum atomic E-state index is 12.7. The minimum atomic E-state index is -0.308. The zero-order chi connectivity index (χ0) is 18.6. The number of carbonyl (C=O) groups excluding carboxylic acids is 1. The van der Waals surface area contributed by atoms with Gasteiger partial charge < -0.3 is 10.1 Å². The van der Waals surface area contributed by atoms with Gasteiger partial charge in [-0.05, 0) is 31.0 Å².